The van der Waals surface area contributed by atoms with Gasteiger partial charge in [-0.15, -0.1) is 0 Å². The minimum Gasteiger partial charge on any atom is -0.490 e. The molecule has 1 aromatic heterocycles. The van der Waals surface area contributed by atoms with Crippen molar-refractivity contribution in [3.63, 3.8) is 0 Å². The molecule has 6 heteroatoms. The van der Waals surface area contributed by atoms with Crippen molar-refractivity contribution in [2.45, 2.75) is 19.4 Å². The molecule has 1 aliphatic heterocycles. The molecule has 0 saturated heterocycles. The number of nitrogens with zero attached hydrogens (tertiary/aromatic N) is 3. The maximum absolute atomic E-state index is 5.70. The zero-order valence-corrected chi connectivity index (χ0v) is 11.2. The van der Waals surface area contributed by atoms with E-state index in [-0.39, 0.29) is 6.04 Å². The van der Waals surface area contributed by atoms with Crippen LogP contribution in [0.1, 0.15) is 24.9 Å². The van der Waals surface area contributed by atoms with Crippen LogP contribution < -0.4 is 14.8 Å². The van der Waals surface area contributed by atoms with Crippen LogP contribution in [0.5, 0.6) is 11.5 Å². The SMILES string of the molecule is C[C@@H](Nc1ncncn1)c1ccc2c(c1)OCCCO2. The third-order valence-electron chi connectivity index (χ3n) is 3.11. The second-order valence-electron chi connectivity index (χ2n) is 4.58. The monoisotopic (exact) mass is 272 g/mol. The Balaban J connectivity index is 1.78. The van der Waals surface area contributed by atoms with Gasteiger partial charge < -0.3 is 14.8 Å². The molecule has 6 nitrogen and oxygen atoms in total. The van der Waals surface area contributed by atoms with Crippen molar-refractivity contribution in [1.29, 1.82) is 0 Å². The van der Waals surface area contributed by atoms with E-state index in [1.807, 2.05) is 25.1 Å². The van der Waals surface area contributed by atoms with Crippen LogP contribution in [0.3, 0.4) is 0 Å². The molecule has 0 saturated carbocycles. The van der Waals surface area contributed by atoms with Crippen molar-refractivity contribution in [3.8, 4) is 11.5 Å². The summed E-state index contributed by atoms with van der Waals surface area (Å²) in [6, 6.07) is 6.03. The number of rotatable bonds is 3. The summed E-state index contributed by atoms with van der Waals surface area (Å²) in [6.07, 6.45) is 3.84. The molecular formula is C14H16N4O2. The molecule has 0 amide bonds. The Labute approximate surface area is 117 Å². The molecule has 3 rings (SSSR count). The fraction of sp³-hybridized carbons (Fsp3) is 0.357. The number of benzene rings is 1. The zero-order valence-electron chi connectivity index (χ0n) is 11.2. The Morgan fingerprint density at radius 2 is 1.85 bits per heavy atom. The Hall–Kier alpha value is -2.37. The van der Waals surface area contributed by atoms with Gasteiger partial charge in [-0.2, -0.15) is 0 Å². The van der Waals surface area contributed by atoms with Gasteiger partial charge in [0.1, 0.15) is 12.7 Å². The quantitative estimate of drug-likeness (QED) is 0.923. The number of aromatic nitrogens is 3. The van der Waals surface area contributed by atoms with Gasteiger partial charge in [0.15, 0.2) is 11.5 Å². The summed E-state index contributed by atoms with van der Waals surface area (Å²) in [5, 5.41) is 3.22. The van der Waals surface area contributed by atoms with E-state index in [1.54, 1.807) is 0 Å². The molecule has 1 aliphatic rings. The highest BCUT2D eigenvalue weighted by Gasteiger charge is 2.14. The van der Waals surface area contributed by atoms with Gasteiger partial charge in [-0.05, 0) is 24.6 Å². The number of nitrogens with one attached hydrogen (secondary N) is 1. The lowest BCUT2D eigenvalue weighted by Crippen LogP contribution is -2.09. The van der Waals surface area contributed by atoms with E-state index >= 15 is 0 Å². The van der Waals surface area contributed by atoms with Crippen LogP contribution in [0.4, 0.5) is 5.95 Å². The van der Waals surface area contributed by atoms with Gasteiger partial charge in [-0.3, -0.25) is 0 Å². The van der Waals surface area contributed by atoms with Gasteiger partial charge in [0.2, 0.25) is 5.95 Å². The molecule has 1 N–H and O–H groups in total. The van der Waals surface area contributed by atoms with E-state index in [0.717, 1.165) is 23.5 Å². The zero-order chi connectivity index (χ0) is 13.8. The van der Waals surface area contributed by atoms with Crippen molar-refractivity contribution in [2.75, 3.05) is 18.5 Å². The number of ether oxygens (including phenoxy) is 2. The average molecular weight is 272 g/mol. The summed E-state index contributed by atoms with van der Waals surface area (Å²) in [4.78, 5) is 11.9. The molecule has 2 aromatic rings. The lowest BCUT2D eigenvalue weighted by molar-refractivity contribution is 0.297. The van der Waals surface area contributed by atoms with Crippen molar-refractivity contribution < 1.29 is 9.47 Å². The predicted octanol–water partition coefficient (Wildman–Crippen LogP) is 2.21. The third-order valence-corrected chi connectivity index (χ3v) is 3.11. The average Bonchev–Trinajstić information content (AvgIpc) is 2.72. The lowest BCUT2D eigenvalue weighted by atomic mass is 10.1. The summed E-state index contributed by atoms with van der Waals surface area (Å²) in [5.41, 5.74) is 1.09. The maximum Gasteiger partial charge on any atom is 0.226 e. The highest BCUT2D eigenvalue weighted by molar-refractivity contribution is 5.45. The van der Waals surface area contributed by atoms with E-state index in [1.165, 1.54) is 12.7 Å². The molecule has 20 heavy (non-hydrogen) atoms. The van der Waals surface area contributed by atoms with Crippen LogP contribution in [-0.2, 0) is 0 Å². The molecule has 1 atom stereocenters. The first-order valence-electron chi connectivity index (χ1n) is 6.61. The van der Waals surface area contributed by atoms with E-state index in [2.05, 4.69) is 20.3 Å². The Kier molecular flexibility index (Phi) is 3.62. The molecule has 0 aliphatic carbocycles. The van der Waals surface area contributed by atoms with Gasteiger partial charge >= 0.3 is 0 Å². The summed E-state index contributed by atoms with van der Waals surface area (Å²) >= 11 is 0. The highest BCUT2D eigenvalue weighted by atomic mass is 16.5. The second kappa shape index (κ2) is 5.73. The Morgan fingerprint density at radius 1 is 1.10 bits per heavy atom. The van der Waals surface area contributed by atoms with Crippen LogP contribution in [0.2, 0.25) is 0 Å². The molecule has 0 unspecified atom stereocenters. The lowest BCUT2D eigenvalue weighted by Gasteiger charge is -2.16. The van der Waals surface area contributed by atoms with Crippen molar-refractivity contribution in [1.82, 2.24) is 15.0 Å². The van der Waals surface area contributed by atoms with E-state index in [0.29, 0.717) is 19.2 Å². The number of hydrogen-bond acceptors (Lipinski definition) is 6. The topological polar surface area (TPSA) is 69.2 Å². The van der Waals surface area contributed by atoms with Gasteiger partial charge in [-0.1, -0.05) is 6.07 Å². The fourth-order valence-corrected chi connectivity index (χ4v) is 2.04. The molecule has 0 bridgehead atoms. The van der Waals surface area contributed by atoms with E-state index in [4.69, 9.17) is 9.47 Å². The van der Waals surface area contributed by atoms with E-state index in [9.17, 15) is 0 Å². The summed E-state index contributed by atoms with van der Waals surface area (Å²) in [5.74, 6) is 2.16. The highest BCUT2D eigenvalue weighted by Crippen LogP contribution is 2.32. The molecule has 1 aromatic carbocycles. The van der Waals surface area contributed by atoms with Gasteiger partial charge in [0.05, 0.1) is 19.3 Å². The molecule has 2 heterocycles. The van der Waals surface area contributed by atoms with Gasteiger partial charge in [0.25, 0.3) is 0 Å². The van der Waals surface area contributed by atoms with Crippen LogP contribution in [-0.4, -0.2) is 28.2 Å². The van der Waals surface area contributed by atoms with Crippen LogP contribution in [0.25, 0.3) is 0 Å². The summed E-state index contributed by atoms with van der Waals surface area (Å²) in [6.45, 7) is 3.43. The first-order chi connectivity index (χ1) is 9.83. The van der Waals surface area contributed by atoms with Crippen molar-refractivity contribution in [3.05, 3.63) is 36.4 Å². The molecule has 0 radical (unpaired) electrons. The summed E-state index contributed by atoms with van der Waals surface area (Å²) in [7, 11) is 0. The van der Waals surface area contributed by atoms with E-state index < -0.39 is 0 Å². The summed E-state index contributed by atoms with van der Waals surface area (Å²) < 4.78 is 11.3. The molecular weight excluding hydrogens is 256 g/mol. The number of hydrogen-bond donors (Lipinski definition) is 1. The fourth-order valence-electron chi connectivity index (χ4n) is 2.04. The number of fused-ring (bicyclic) bond motifs is 1. The van der Waals surface area contributed by atoms with Crippen LogP contribution in [0, 0.1) is 0 Å². The molecule has 104 valence electrons. The van der Waals surface area contributed by atoms with Crippen molar-refractivity contribution >= 4 is 5.95 Å². The van der Waals surface area contributed by atoms with Gasteiger partial charge in [-0.25, -0.2) is 15.0 Å². The molecule has 0 spiro atoms. The predicted molar refractivity (Wildman–Crippen MR) is 73.9 cm³/mol. The van der Waals surface area contributed by atoms with Gasteiger partial charge in [0, 0.05) is 6.42 Å². The second-order valence-corrected chi connectivity index (χ2v) is 4.58. The first-order valence-corrected chi connectivity index (χ1v) is 6.61. The first kappa shape index (κ1) is 12.7. The minimum absolute atomic E-state index is 0.0644. The smallest absolute Gasteiger partial charge is 0.226 e. The Bertz CT molecular complexity index is 577. The largest absolute Gasteiger partial charge is 0.490 e. The van der Waals surface area contributed by atoms with Crippen molar-refractivity contribution in [2.24, 2.45) is 0 Å². The standard InChI is InChI=1S/C14H16N4O2/c1-10(18-14-16-8-15-9-17-14)11-3-4-12-13(7-11)20-6-2-5-19-12/h3-4,7-10H,2,5-6H2,1H3,(H,15,16,17,18)/t10-/m1/s1. The third kappa shape index (κ3) is 2.79. The molecule has 0 fully saturated rings. The van der Waals surface area contributed by atoms with Crippen LogP contribution >= 0.6 is 0 Å². The Morgan fingerprint density at radius 3 is 2.65 bits per heavy atom. The maximum atomic E-state index is 5.70. The minimum atomic E-state index is 0.0644. The number of anilines is 1. The van der Waals surface area contributed by atoms with Crippen LogP contribution in [0.15, 0.2) is 30.9 Å². The normalized spacial score (nSPS) is 15.2.